The molecule has 0 amide bonds. The molecule has 1 aromatic heterocycles. The minimum Gasteiger partial charge on any atom is -0.334 e. The Labute approximate surface area is 79.5 Å². The van der Waals surface area contributed by atoms with Crippen LogP contribution in [-0.2, 0) is 7.05 Å². The molecule has 1 aromatic carbocycles. The van der Waals surface area contributed by atoms with E-state index in [0.717, 1.165) is 6.08 Å². The monoisotopic (exact) mass is 194 g/mol. The molecule has 14 heavy (non-hydrogen) atoms. The van der Waals surface area contributed by atoms with Gasteiger partial charge in [-0.05, 0) is 0 Å². The Hall–Kier alpha value is -1.71. The van der Waals surface area contributed by atoms with Crippen LogP contribution in [0.3, 0.4) is 0 Å². The lowest BCUT2D eigenvalue weighted by Crippen LogP contribution is -1.92. The van der Waals surface area contributed by atoms with Gasteiger partial charge >= 0.3 is 0 Å². The first-order valence-corrected chi connectivity index (χ1v) is 4.06. The third kappa shape index (κ3) is 1.04. The minimum absolute atomic E-state index is 0.129. The second-order valence-electron chi connectivity index (χ2n) is 3.01. The summed E-state index contributed by atoms with van der Waals surface area (Å²) in [5.74, 6) is -1.27. The first kappa shape index (κ1) is 8.87. The molecule has 4 heteroatoms. The molecule has 0 N–H and O–H groups in total. The molecule has 2 rings (SSSR count). The molecule has 0 aliphatic carbocycles. The quantitative estimate of drug-likeness (QED) is 0.682. The molecule has 2 aromatic rings. The van der Waals surface area contributed by atoms with Gasteiger partial charge in [0.05, 0.1) is 11.8 Å². The van der Waals surface area contributed by atoms with Crippen molar-refractivity contribution in [2.24, 2.45) is 7.05 Å². The van der Waals surface area contributed by atoms with Crippen molar-refractivity contribution in [1.82, 2.24) is 9.55 Å². The largest absolute Gasteiger partial charge is 0.334 e. The van der Waals surface area contributed by atoms with Gasteiger partial charge in [-0.15, -0.1) is 0 Å². The van der Waals surface area contributed by atoms with E-state index in [-0.39, 0.29) is 11.1 Å². The van der Waals surface area contributed by atoms with Gasteiger partial charge in [0.2, 0.25) is 0 Å². The molecular formula is C10H8F2N2. The third-order valence-corrected chi connectivity index (χ3v) is 2.15. The Bertz CT molecular complexity index is 514. The lowest BCUT2D eigenvalue weighted by atomic mass is 10.1. The SMILES string of the molecule is C=Cc1c(F)cc2c(ncn2C)c1F. The molecule has 0 aliphatic rings. The van der Waals surface area contributed by atoms with Gasteiger partial charge in [-0.1, -0.05) is 12.7 Å². The number of halogens is 2. The van der Waals surface area contributed by atoms with Crippen molar-refractivity contribution >= 4 is 17.1 Å². The highest BCUT2D eigenvalue weighted by molar-refractivity contribution is 5.79. The summed E-state index contributed by atoms with van der Waals surface area (Å²) in [5, 5.41) is 0. The Morgan fingerprint density at radius 1 is 1.50 bits per heavy atom. The summed E-state index contributed by atoms with van der Waals surface area (Å²) < 4.78 is 28.4. The van der Waals surface area contributed by atoms with Gasteiger partial charge in [-0.2, -0.15) is 0 Å². The number of imidazole rings is 1. The average Bonchev–Trinajstić information content (AvgIpc) is 2.49. The molecule has 0 bridgehead atoms. The second-order valence-corrected chi connectivity index (χ2v) is 3.01. The van der Waals surface area contributed by atoms with Crippen molar-refractivity contribution in [2.75, 3.05) is 0 Å². The summed E-state index contributed by atoms with van der Waals surface area (Å²) >= 11 is 0. The van der Waals surface area contributed by atoms with Crippen LogP contribution in [0.4, 0.5) is 8.78 Å². The zero-order valence-corrected chi connectivity index (χ0v) is 7.59. The van der Waals surface area contributed by atoms with E-state index in [9.17, 15) is 8.78 Å². The number of aromatic nitrogens is 2. The number of rotatable bonds is 1. The molecular weight excluding hydrogens is 186 g/mol. The molecule has 2 nitrogen and oxygen atoms in total. The van der Waals surface area contributed by atoms with Gasteiger partial charge in [0.1, 0.15) is 11.3 Å². The summed E-state index contributed by atoms with van der Waals surface area (Å²) in [4.78, 5) is 3.84. The molecule has 1 heterocycles. The lowest BCUT2D eigenvalue weighted by molar-refractivity contribution is 0.586. The van der Waals surface area contributed by atoms with Gasteiger partial charge in [0, 0.05) is 18.7 Å². The van der Waals surface area contributed by atoms with Crippen LogP contribution in [-0.4, -0.2) is 9.55 Å². The Morgan fingerprint density at radius 2 is 2.21 bits per heavy atom. The van der Waals surface area contributed by atoms with Crippen LogP contribution in [0.1, 0.15) is 5.56 Å². The van der Waals surface area contributed by atoms with Crippen LogP contribution in [0, 0.1) is 11.6 Å². The molecule has 72 valence electrons. The van der Waals surface area contributed by atoms with Gasteiger partial charge in [0.25, 0.3) is 0 Å². The van der Waals surface area contributed by atoms with Crippen LogP contribution in [0.15, 0.2) is 19.0 Å². The smallest absolute Gasteiger partial charge is 0.161 e. The van der Waals surface area contributed by atoms with E-state index in [4.69, 9.17) is 0 Å². The molecule has 0 saturated heterocycles. The predicted molar refractivity (Wildman–Crippen MR) is 50.7 cm³/mol. The number of benzene rings is 1. The molecule has 0 spiro atoms. The summed E-state index contributed by atoms with van der Waals surface area (Å²) in [6, 6.07) is 1.25. The Balaban J connectivity index is 2.94. The summed E-state index contributed by atoms with van der Waals surface area (Å²) in [6.07, 6.45) is 2.60. The zero-order valence-electron chi connectivity index (χ0n) is 7.59. The molecule has 0 unspecified atom stereocenters. The van der Waals surface area contributed by atoms with E-state index in [1.165, 1.54) is 12.4 Å². The van der Waals surface area contributed by atoms with E-state index in [2.05, 4.69) is 11.6 Å². The molecule has 0 aliphatic heterocycles. The number of fused-ring (bicyclic) bond motifs is 1. The number of hydrogen-bond donors (Lipinski definition) is 0. The number of nitrogens with zero attached hydrogens (tertiary/aromatic N) is 2. The van der Waals surface area contributed by atoms with Crippen molar-refractivity contribution in [3.8, 4) is 0 Å². The fourth-order valence-corrected chi connectivity index (χ4v) is 1.40. The maximum absolute atomic E-state index is 13.6. The Kier molecular flexibility index (Phi) is 1.84. The average molecular weight is 194 g/mol. The second kappa shape index (κ2) is 2.90. The first-order valence-electron chi connectivity index (χ1n) is 4.06. The van der Waals surface area contributed by atoms with Crippen LogP contribution >= 0.6 is 0 Å². The van der Waals surface area contributed by atoms with E-state index < -0.39 is 11.6 Å². The number of aryl methyl sites for hydroxylation is 1. The first-order chi connectivity index (χ1) is 6.65. The highest BCUT2D eigenvalue weighted by atomic mass is 19.1. The zero-order chi connectivity index (χ0) is 10.3. The third-order valence-electron chi connectivity index (χ3n) is 2.15. The maximum Gasteiger partial charge on any atom is 0.161 e. The summed E-state index contributed by atoms with van der Waals surface area (Å²) in [6.45, 7) is 3.35. The molecule has 0 saturated carbocycles. The van der Waals surface area contributed by atoms with E-state index >= 15 is 0 Å². The van der Waals surface area contributed by atoms with E-state index in [1.54, 1.807) is 11.6 Å². The van der Waals surface area contributed by atoms with Crippen LogP contribution in [0.25, 0.3) is 17.1 Å². The van der Waals surface area contributed by atoms with E-state index in [0.29, 0.717) is 5.52 Å². The van der Waals surface area contributed by atoms with Crippen molar-refractivity contribution < 1.29 is 8.78 Å². The number of hydrogen-bond acceptors (Lipinski definition) is 1. The van der Waals surface area contributed by atoms with Crippen LogP contribution in [0.2, 0.25) is 0 Å². The Morgan fingerprint density at radius 3 is 2.86 bits per heavy atom. The van der Waals surface area contributed by atoms with Gasteiger partial charge in [0.15, 0.2) is 5.82 Å². The summed E-state index contributed by atoms with van der Waals surface area (Å²) in [5.41, 5.74) is 0.477. The van der Waals surface area contributed by atoms with Crippen LogP contribution < -0.4 is 0 Å². The predicted octanol–water partition coefficient (Wildman–Crippen LogP) is 2.49. The topological polar surface area (TPSA) is 17.8 Å². The van der Waals surface area contributed by atoms with Crippen molar-refractivity contribution in [3.05, 3.63) is 36.2 Å². The maximum atomic E-state index is 13.6. The standard InChI is InChI=1S/C10H8F2N2/c1-3-6-7(11)4-8-10(9(6)12)13-5-14(8)2/h3-5H,1H2,2H3. The van der Waals surface area contributed by atoms with Gasteiger partial charge in [-0.25, -0.2) is 13.8 Å². The fraction of sp³-hybridized carbons (Fsp3) is 0.100. The fourth-order valence-electron chi connectivity index (χ4n) is 1.40. The van der Waals surface area contributed by atoms with Gasteiger partial charge < -0.3 is 4.57 Å². The van der Waals surface area contributed by atoms with Crippen molar-refractivity contribution in [1.29, 1.82) is 0 Å². The van der Waals surface area contributed by atoms with Crippen LogP contribution in [0.5, 0.6) is 0 Å². The normalized spacial score (nSPS) is 10.8. The van der Waals surface area contributed by atoms with Crippen molar-refractivity contribution in [3.63, 3.8) is 0 Å². The van der Waals surface area contributed by atoms with Crippen molar-refractivity contribution in [2.45, 2.75) is 0 Å². The highest BCUT2D eigenvalue weighted by Gasteiger charge is 2.13. The van der Waals surface area contributed by atoms with E-state index in [1.807, 2.05) is 0 Å². The molecule has 0 radical (unpaired) electrons. The highest BCUT2D eigenvalue weighted by Crippen LogP contribution is 2.23. The summed E-state index contributed by atoms with van der Waals surface area (Å²) in [7, 11) is 1.68. The molecule has 0 atom stereocenters. The minimum atomic E-state index is -0.657. The molecule has 0 fully saturated rings. The lowest BCUT2D eigenvalue weighted by Gasteiger charge is -2.01. The van der Waals surface area contributed by atoms with Gasteiger partial charge in [-0.3, -0.25) is 0 Å².